The number of nitrogens with one attached hydrogen (secondary N) is 1. The molecule has 1 aliphatic rings. The molecule has 0 unspecified atom stereocenters. The van der Waals surface area contributed by atoms with E-state index < -0.39 is 0 Å². The van der Waals surface area contributed by atoms with Crippen molar-refractivity contribution in [3.63, 3.8) is 0 Å². The minimum Gasteiger partial charge on any atom is -0.334 e. The molecular weight excluding hydrogens is 384 g/mol. The lowest BCUT2D eigenvalue weighted by atomic mass is 9.97. The number of benzene rings is 2. The lowest BCUT2D eigenvalue weighted by Crippen LogP contribution is -2.44. The van der Waals surface area contributed by atoms with Crippen molar-refractivity contribution in [2.45, 2.75) is 39.8 Å². The predicted octanol–water partition coefficient (Wildman–Crippen LogP) is 4.93. The Morgan fingerprint density at radius 1 is 1.14 bits per heavy atom. The van der Waals surface area contributed by atoms with Gasteiger partial charge < -0.3 is 14.8 Å². The molecule has 6 heteroatoms. The van der Waals surface area contributed by atoms with Gasteiger partial charge in [0.1, 0.15) is 0 Å². The predicted molar refractivity (Wildman–Crippen MR) is 117 cm³/mol. The molecule has 1 saturated heterocycles. The molecule has 2 heterocycles. The van der Waals surface area contributed by atoms with Gasteiger partial charge in [0.05, 0.1) is 17.4 Å². The topological polar surface area (TPSA) is 50.2 Å². The van der Waals surface area contributed by atoms with Crippen LogP contribution in [0.2, 0.25) is 5.02 Å². The van der Waals surface area contributed by atoms with E-state index in [1.807, 2.05) is 35.5 Å². The van der Waals surface area contributed by atoms with Crippen LogP contribution in [0.4, 0.5) is 4.79 Å². The second-order valence-electron chi connectivity index (χ2n) is 8.04. The lowest BCUT2D eigenvalue weighted by molar-refractivity contribution is 0.165. The zero-order valence-electron chi connectivity index (χ0n) is 17.0. The minimum atomic E-state index is 0.0116. The van der Waals surface area contributed by atoms with Gasteiger partial charge in [-0.15, -0.1) is 0 Å². The van der Waals surface area contributed by atoms with Gasteiger partial charge in [-0.1, -0.05) is 23.7 Å². The van der Waals surface area contributed by atoms with Crippen molar-refractivity contribution in [2.75, 3.05) is 13.1 Å². The number of imidazole rings is 1. The highest BCUT2D eigenvalue weighted by atomic mass is 35.5. The molecule has 1 aromatic heterocycles. The van der Waals surface area contributed by atoms with Crippen LogP contribution in [-0.4, -0.2) is 33.6 Å². The summed E-state index contributed by atoms with van der Waals surface area (Å²) in [5.41, 5.74) is 5.89. The summed E-state index contributed by atoms with van der Waals surface area (Å²) in [6.07, 6.45) is 3.98. The van der Waals surface area contributed by atoms with Crippen LogP contribution in [0, 0.1) is 19.8 Å². The fourth-order valence-corrected chi connectivity index (χ4v) is 4.07. The first-order chi connectivity index (χ1) is 14.0. The minimum absolute atomic E-state index is 0.0116. The quantitative estimate of drug-likeness (QED) is 0.663. The maximum Gasteiger partial charge on any atom is 0.317 e. The second-order valence-corrected chi connectivity index (χ2v) is 8.47. The van der Waals surface area contributed by atoms with Gasteiger partial charge in [0.25, 0.3) is 0 Å². The van der Waals surface area contributed by atoms with Crippen LogP contribution in [0.1, 0.15) is 29.5 Å². The number of carbonyl (C=O) groups excluding carboxylic acids is 1. The van der Waals surface area contributed by atoms with Crippen molar-refractivity contribution in [3.8, 4) is 0 Å². The van der Waals surface area contributed by atoms with Gasteiger partial charge in [-0.2, -0.15) is 0 Å². The van der Waals surface area contributed by atoms with Crippen molar-refractivity contribution in [3.05, 3.63) is 64.4 Å². The third-order valence-electron chi connectivity index (χ3n) is 5.95. The highest BCUT2D eigenvalue weighted by Gasteiger charge is 2.23. The van der Waals surface area contributed by atoms with Crippen molar-refractivity contribution in [1.82, 2.24) is 19.8 Å². The Kier molecular flexibility index (Phi) is 5.76. The van der Waals surface area contributed by atoms with Crippen molar-refractivity contribution < 1.29 is 4.79 Å². The lowest BCUT2D eigenvalue weighted by Gasteiger charge is -2.32. The first kappa shape index (κ1) is 19.8. The summed E-state index contributed by atoms with van der Waals surface area (Å²) in [5, 5.41) is 3.72. The molecule has 0 radical (unpaired) electrons. The SMILES string of the molecule is Cc1cc2ncn(CC3CCN(C(=O)NCc4ccc(Cl)cc4)CC3)c2cc1C. The highest BCUT2D eigenvalue weighted by molar-refractivity contribution is 6.30. The van der Waals surface area contributed by atoms with Crippen LogP contribution < -0.4 is 5.32 Å². The van der Waals surface area contributed by atoms with E-state index >= 15 is 0 Å². The van der Waals surface area contributed by atoms with Gasteiger partial charge in [0, 0.05) is 31.2 Å². The fraction of sp³-hybridized carbons (Fsp3) is 0.391. The molecule has 29 heavy (non-hydrogen) atoms. The average molecular weight is 411 g/mol. The maximum atomic E-state index is 12.5. The number of nitrogens with zero attached hydrogens (tertiary/aromatic N) is 3. The van der Waals surface area contributed by atoms with E-state index in [9.17, 15) is 4.79 Å². The van der Waals surface area contributed by atoms with E-state index in [0.29, 0.717) is 17.5 Å². The molecule has 0 saturated carbocycles. The molecule has 5 nitrogen and oxygen atoms in total. The standard InChI is InChI=1S/C23H27ClN4O/c1-16-11-21-22(12-17(16)2)28(15-26-21)14-19-7-9-27(10-8-19)23(29)25-13-18-3-5-20(24)6-4-18/h3-6,11-12,15,19H,7-10,13-14H2,1-2H3,(H,25,29). The average Bonchev–Trinajstić information content (AvgIpc) is 3.09. The summed E-state index contributed by atoms with van der Waals surface area (Å²) >= 11 is 5.91. The third kappa shape index (κ3) is 4.56. The Bertz CT molecular complexity index is 1000. The number of piperidine rings is 1. The Labute approximate surface area is 176 Å². The zero-order chi connectivity index (χ0) is 20.4. The first-order valence-electron chi connectivity index (χ1n) is 10.2. The number of amides is 2. The van der Waals surface area contributed by atoms with Crippen molar-refractivity contribution in [1.29, 1.82) is 0 Å². The molecule has 1 N–H and O–H groups in total. The highest BCUT2D eigenvalue weighted by Crippen LogP contribution is 2.23. The smallest absolute Gasteiger partial charge is 0.317 e. The van der Waals surface area contributed by atoms with Gasteiger partial charge in [0.2, 0.25) is 0 Å². The van der Waals surface area contributed by atoms with Crippen LogP contribution >= 0.6 is 11.6 Å². The van der Waals surface area contributed by atoms with Crippen LogP contribution in [0.15, 0.2) is 42.7 Å². The summed E-state index contributed by atoms with van der Waals surface area (Å²) in [7, 11) is 0. The molecule has 2 amide bonds. The number of hydrogen-bond donors (Lipinski definition) is 1. The molecule has 2 aromatic carbocycles. The molecule has 152 valence electrons. The third-order valence-corrected chi connectivity index (χ3v) is 6.20. The van der Waals surface area contributed by atoms with Crippen LogP contribution in [0.5, 0.6) is 0 Å². The Hall–Kier alpha value is -2.53. The van der Waals surface area contributed by atoms with E-state index in [1.165, 1.54) is 16.6 Å². The Morgan fingerprint density at radius 3 is 2.55 bits per heavy atom. The molecule has 0 atom stereocenters. The zero-order valence-corrected chi connectivity index (χ0v) is 17.7. The van der Waals surface area contributed by atoms with Gasteiger partial charge in [0.15, 0.2) is 0 Å². The second kappa shape index (κ2) is 8.46. The molecule has 0 bridgehead atoms. The summed E-state index contributed by atoms with van der Waals surface area (Å²) < 4.78 is 2.27. The first-order valence-corrected chi connectivity index (χ1v) is 10.6. The molecule has 0 aliphatic carbocycles. The monoisotopic (exact) mass is 410 g/mol. The van der Waals surface area contributed by atoms with Gasteiger partial charge in [-0.05, 0) is 73.6 Å². The van der Waals surface area contributed by atoms with E-state index in [-0.39, 0.29) is 6.03 Å². The normalized spacial score (nSPS) is 15.1. The van der Waals surface area contributed by atoms with Crippen LogP contribution in [0.3, 0.4) is 0 Å². The molecular formula is C23H27ClN4O. The van der Waals surface area contributed by atoms with E-state index in [0.717, 1.165) is 43.6 Å². The number of hydrogen-bond acceptors (Lipinski definition) is 2. The number of halogens is 1. The van der Waals surface area contributed by atoms with E-state index in [1.54, 1.807) is 0 Å². The number of carbonyl (C=O) groups is 1. The van der Waals surface area contributed by atoms with Crippen LogP contribution in [0.25, 0.3) is 11.0 Å². The molecule has 1 aliphatic heterocycles. The van der Waals surface area contributed by atoms with Crippen LogP contribution in [-0.2, 0) is 13.1 Å². The number of fused-ring (bicyclic) bond motifs is 1. The van der Waals surface area contributed by atoms with Gasteiger partial charge in [-0.25, -0.2) is 9.78 Å². The Morgan fingerprint density at radius 2 is 1.83 bits per heavy atom. The number of likely N-dealkylation sites (tertiary alicyclic amines) is 1. The van der Waals surface area contributed by atoms with Gasteiger partial charge in [-0.3, -0.25) is 0 Å². The van der Waals surface area contributed by atoms with E-state index in [2.05, 4.69) is 40.8 Å². The Balaban J connectivity index is 1.29. The maximum absolute atomic E-state index is 12.5. The molecule has 4 rings (SSSR count). The molecule has 1 fully saturated rings. The largest absolute Gasteiger partial charge is 0.334 e. The number of urea groups is 1. The number of rotatable bonds is 4. The fourth-order valence-electron chi connectivity index (χ4n) is 3.95. The summed E-state index contributed by atoms with van der Waals surface area (Å²) in [6, 6.07) is 12.0. The van der Waals surface area contributed by atoms with Crippen molar-refractivity contribution >= 4 is 28.7 Å². The molecule has 0 spiro atoms. The van der Waals surface area contributed by atoms with E-state index in [4.69, 9.17) is 11.6 Å². The van der Waals surface area contributed by atoms with Crippen molar-refractivity contribution in [2.24, 2.45) is 5.92 Å². The number of aromatic nitrogens is 2. The summed E-state index contributed by atoms with van der Waals surface area (Å²) in [5.74, 6) is 0.564. The summed E-state index contributed by atoms with van der Waals surface area (Å²) in [6.45, 7) is 7.34. The number of aryl methyl sites for hydroxylation is 2. The molecule has 3 aromatic rings. The summed E-state index contributed by atoms with van der Waals surface area (Å²) in [4.78, 5) is 19.0. The van der Waals surface area contributed by atoms with Gasteiger partial charge >= 0.3 is 6.03 Å².